The largest absolute Gasteiger partial charge is 0.481 e. The van der Waals surface area contributed by atoms with Crippen molar-refractivity contribution in [2.24, 2.45) is 17.8 Å². The lowest BCUT2D eigenvalue weighted by molar-refractivity contribution is -0.142. The number of carbonyl (C=O) groups is 3. The molecule has 0 bridgehead atoms. The third-order valence-electron chi connectivity index (χ3n) is 4.25. The number of carboxylic acids is 1. The lowest BCUT2D eigenvalue weighted by Crippen LogP contribution is -2.50. The number of aliphatic carboxylic acids is 1. The molecule has 7 heteroatoms. The van der Waals surface area contributed by atoms with Gasteiger partial charge in [0.1, 0.15) is 0 Å². The number of amides is 3. The molecule has 1 aliphatic heterocycles. The van der Waals surface area contributed by atoms with Crippen LogP contribution >= 0.6 is 0 Å². The Balaban J connectivity index is 2.46. The average Bonchev–Trinajstić information content (AvgIpc) is 2.55. The van der Waals surface area contributed by atoms with Crippen LogP contribution in [0.2, 0.25) is 0 Å². The van der Waals surface area contributed by atoms with Gasteiger partial charge in [-0.3, -0.25) is 9.59 Å². The van der Waals surface area contributed by atoms with Crippen molar-refractivity contribution in [1.29, 1.82) is 0 Å². The highest BCUT2D eigenvalue weighted by Gasteiger charge is 2.29. The van der Waals surface area contributed by atoms with E-state index >= 15 is 0 Å². The number of urea groups is 1. The predicted molar refractivity (Wildman–Crippen MR) is 91.6 cm³/mol. The molecule has 2 unspecified atom stereocenters. The Morgan fingerprint density at radius 2 is 1.92 bits per heavy atom. The summed E-state index contributed by atoms with van der Waals surface area (Å²) in [5, 5.41) is 14.8. The van der Waals surface area contributed by atoms with Crippen LogP contribution in [0.15, 0.2) is 0 Å². The normalized spacial score (nSPS) is 19.0. The summed E-state index contributed by atoms with van der Waals surface area (Å²) in [4.78, 5) is 37.2. The van der Waals surface area contributed by atoms with Crippen molar-refractivity contribution in [2.45, 2.75) is 46.5 Å². The van der Waals surface area contributed by atoms with Gasteiger partial charge >= 0.3 is 12.0 Å². The van der Waals surface area contributed by atoms with E-state index in [1.54, 1.807) is 4.90 Å². The van der Waals surface area contributed by atoms with Crippen LogP contribution < -0.4 is 10.6 Å². The topological polar surface area (TPSA) is 98.7 Å². The second-order valence-corrected chi connectivity index (χ2v) is 6.93. The minimum Gasteiger partial charge on any atom is -0.481 e. The maximum Gasteiger partial charge on any atom is 0.317 e. The molecule has 1 fully saturated rings. The van der Waals surface area contributed by atoms with Gasteiger partial charge in [0.05, 0.1) is 11.8 Å². The summed E-state index contributed by atoms with van der Waals surface area (Å²) < 4.78 is 0. The molecule has 0 aromatic carbocycles. The minimum atomic E-state index is -0.879. The van der Waals surface area contributed by atoms with Gasteiger partial charge in [-0.15, -0.1) is 0 Å². The summed E-state index contributed by atoms with van der Waals surface area (Å²) >= 11 is 0. The number of piperidine rings is 1. The van der Waals surface area contributed by atoms with Gasteiger partial charge in [0.25, 0.3) is 0 Å². The Morgan fingerprint density at radius 3 is 2.50 bits per heavy atom. The lowest BCUT2D eigenvalue weighted by Gasteiger charge is -2.32. The fourth-order valence-electron chi connectivity index (χ4n) is 2.81. The summed E-state index contributed by atoms with van der Waals surface area (Å²) in [5.41, 5.74) is 0. The van der Waals surface area contributed by atoms with Gasteiger partial charge in [-0.1, -0.05) is 27.2 Å². The first-order valence-corrected chi connectivity index (χ1v) is 8.88. The molecule has 0 aromatic rings. The number of rotatable bonds is 8. The van der Waals surface area contributed by atoms with Gasteiger partial charge in [-0.05, 0) is 25.2 Å². The Morgan fingerprint density at radius 1 is 1.21 bits per heavy atom. The molecule has 0 aromatic heterocycles. The molecule has 3 amide bonds. The quantitative estimate of drug-likeness (QED) is 0.625. The van der Waals surface area contributed by atoms with Crippen molar-refractivity contribution in [2.75, 3.05) is 26.2 Å². The number of hydrogen-bond acceptors (Lipinski definition) is 3. The molecule has 0 aliphatic carbocycles. The Hall–Kier alpha value is -1.79. The van der Waals surface area contributed by atoms with Crippen molar-refractivity contribution < 1.29 is 19.5 Å². The van der Waals surface area contributed by atoms with Gasteiger partial charge in [-0.2, -0.15) is 0 Å². The Labute approximate surface area is 144 Å². The van der Waals surface area contributed by atoms with Crippen LogP contribution in [0.5, 0.6) is 0 Å². The number of carboxylic acid groups (broad SMARTS) is 1. The molecular weight excluding hydrogens is 310 g/mol. The van der Waals surface area contributed by atoms with E-state index in [1.807, 2.05) is 20.8 Å². The molecule has 0 spiro atoms. The van der Waals surface area contributed by atoms with E-state index in [0.29, 0.717) is 32.0 Å². The second-order valence-electron chi connectivity index (χ2n) is 6.93. The van der Waals surface area contributed by atoms with E-state index in [0.717, 1.165) is 19.3 Å². The summed E-state index contributed by atoms with van der Waals surface area (Å²) in [6.45, 7) is 7.79. The molecule has 0 saturated carbocycles. The zero-order valence-electron chi connectivity index (χ0n) is 15.0. The molecule has 138 valence electrons. The summed E-state index contributed by atoms with van der Waals surface area (Å²) in [6, 6.07) is -0.129. The van der Waals surface area contributed by atoms with Crippen LogP contribution in [0, 0.1) is 17.8 Å². The maximum absolute atomic E-state index is 12.3. The smallest absolute Gasteiger partial charge is 0.317 e. The molecule has 1 saturated heterocycles. The fraction of sp³-hybridized carbons (Fsp3) is 0.824. The van der Waals surface area contributed by atoms with E-state index in [-0.39, 0.29) is 24.4 Å². The third-order valence-corrected chi connectivity index (χ3v) is 4.25. The van der Waals surface area contributed by atoms with Crippen LogP contribution in [-0.4, -0.2) is 54.1 Å². The van der Waals surface area contributed by atoms with E-state index < -0.39 is 11.9 Å². The standard InChI is InChI=1S/C17H31N3O4/c1-4-6-13(16(22)23)10-18-15(21)14-7-5-8-20(11-14)17(24)19-9-12(2)3/h12-14H,4-11H2,1-3H3,(H,18,21)(H,19,24)(H,22,23). The monoisotopic (exact) mass is 341 g/mol. The number of likely N-dealkylation sites (tertiary alicyclic amines) is 1. The van der Waals surface area contributed by atoms with Crippen LogP contribution in [0.3, 0.4) is 0 Å². The number of nitrogens with zero attached hydrogens (tertiary/aromatic N) is 1. The second kappa shape index (κ2) is 10.2. The SMILES string of the molecule is CCCC(CNC(=O)C1CCCN(C(=O)NCC(C)C)C1)C(=O)O. The summed E-state index contributed by atoms with van der Waals surface area (Å²) in [7, 11) is 0. The molecule has 0 radical (unpaired) electrons. The fourth-order valence-corrected chi connectivity index (χ4v) is 2.81. The number of nitrogens with one attached hydrogen (secondary N) is 2. The van der Waals surface area contributed by atoms with Gasteiger partial charge in [0.2, 0.25) is 5.91 Å². The van der Waals surface area contributed by atoms with Crippen molar-refractivity contribution in [3.05, 3.63) is 0 Å². The molecule has 1 aliphatic rings. The highest BCUT2D eigenvalue weighted by atomic mass is 16.4. The molecular formula is C17H31N3O4. The number of carbonyl (C=O) groups excluding carboxylic acids is 2. The van der Waals surface area contributed by atoms with Crippen LogP contribution in [0.25, 0.3) is 0 Å². The summed E-state index contributed by atoms with van der Waals surface area (Å²) in [6.07, 6.45) is 2.82. The van der Waals surface area contributed by atoms with Crippen LogP contribution in [0.4, 0.5) is 4.79 Å². The average molecular weight is 341 g/mol. The van der Waals surface area contributed by atoms with E-state index in [1.165, 1.54) is 0 Å². The van der Waals surface area contributed by atoms with Crippen molar-refractivity contribution in [1.82, 2.24) is 15.5 Å². The summed E-state index contributed by atoms with van der Waals surface area (Å²) in [5.74, 6) is -1.47. The highest BCUT2D eigenvalue weighted by molar-refractivity contribution is 5.81. The van der Waals surface area contributed by atoms with E-state index in [2.05, 4.69) is 10.6 Å². The van der Waals surface area contributed by atoms with E-state index in [4.69, 9.17) is 5.11 Å². The molecule has 1 rings (SSSR count). The Kier molecular flexibility index (Phi) is 8.57. The van der Waals surface area contributed by atoms with Crippen molar-refractivity contribution >= 4 is 17.9 Å². The molecule has 1 heterocycles. The lowest BCUT2D eigenvalue weighted by atomic mass is 9.96. The first-order valence-electron chi connectivity index (χ1n) is 8.88. The molecule has 3 N–H and O–H groups in total. The van der Waals surface area contributed by atoms with Crippen molar-refractivity contribution in [3.63, 3.8) is 0 Å². The van der Waals surface area contributed by atoms with Crippen LogP contribution in [0.1, 0.15) is 46.5 Å². The highest BCUT2D eigenvalue weighted by Crippen LogP contribution is 2.17. The minimum absolute atomic E-state index is 0.129. The van der Waals surface area contributed by atoms with Gasteiger partial charge in [0.15, 0.2) is 0 Å². The zero-order chi connectivity index (χ0) is 18.1. The first kappa shape index (κ1) is 20.3. The van der Waals surface area contributed by atoms with Crippen LogP contribution in [-0.2, 0) is 9.59 Å². The molecule has 24 heavy (non-hydrogen) atoms. The predicted octanol–water partition coefficient (Wildman–Crippen LogP) is 1.68. The molecule has 7 nitrogen and oxygen atoms in total. The Bertz CT molecular complexity index is 440. The first-order chi connectivity index (χ1) is 11.3. The maximum atomic E-state index is 12.3. The van der Waals surface area contributed by atoms with Gasteiger partial charge in [0, 0.05) is 26.2 Å². The zero-order valence-corrected chi connectivity index (χ0v) is 15.0. The third kappa shape index (κ3) is 6.76. The number of hydrogen-bond donors (Lipinski definition) is 3. The molecule has 2 atom stereocenters. The van der Waals surface area contributed by atoms with E-state index in [9.17, 15) is 14.4 Å². The van der Waals surface area contributed by atoms with Crippen molar-refractivity contribution in [3.8, 4) is 0 Å². The van der Waals surface area contributed by atoms with Gasteiger partial charge < -0.3 is 20.6 Å². The van der Waals surface area contributed by atoms with Gasteiger partial charge in [-0.25, -0.2) is 4.79 Å².